The van der Waals surface area contributed by atoms with E-state index in [4.69, 9.17) is 4.74 Å². The zero-order chi connectivity index (χ0) is 22.5. The van der Waals surface area contributed by atoms with Gasteiger partial charge in [-0.25, -0.2) is 0 Å². The Morgan fingerprint density at radius 2 is 1.53 bits per heavy atom. The second-order valence-electron chi connectivity index (χ2n) is 7.37. The van der Waals surface area contributed by atoms with Crippen molar-refractivity contribution in [2.45, 2.75) is 12.5 Å². The fraction of sp³-hybridized carbons (Fsp3) is 0.115. The minimum atomic E-state index is -0.796. The van der Waals surface area contributed by atoms with Gasteiger partial charge in [-0.3, -0.25) is 14.4 Å². The van der Waals surface area contributed by atoms with Crippen molar-refractivity contribution in [2.24, 2.45) is 0 Å². The highest BCUT2D eigenvalue weighted by molar-refractivity contribution is 6.24. The van der Waals surface area contributed by atoms with Gasteiger partial charge in [-0.15, -0.1) is 0 Å². The summed E-state index contributed by atoms with van der Waals surface area (Å²) in [6.45, 7) is 0. The summed E-state index contributed by atoms with van der Waals surface area (Å²) in [4.78, 5) is 38.8. The van der Waals surface area contributed by atoms with Crippen LogP contribution in [0.4, 0.5) is 5.69 Å². The molecule has 3 aromatic rings. The third kappa shape index (κ3) is 4.44. The number of nitrogens with one attached hydrogen (secondary N) is 2. The second-order valence-corrected chi connectivity index (χ2v) is 7.37. The summed E-state index contributed by atoms with van der Waals surface area (Å²) in [5.74, 6) is -0.413. The van der Waals surface area contributed by atoms with Crippen molar-refractivity contribution in [3.05, 3.63) is 107 Å². The average molecular weight is 426 g/mol. The molecule has 0 radical (unpaired) electrons. The molecule has 1 unspecified atom stereocenters. The first-order chi connectivity index (χ1) is 15.6. The molecule has 160 valence electrons. The van der Waals surface area contributed by atoms with E-state index in [0.29, 0.717) is 29.0 Å². The molecule has 0 aromatic heterocycles. The zero-order valence-electron chi connectivity index (χ0n) is 17.5. The molecular weight excluding hydrogens is 404 g/mol. The molecule has 2 N–H and O–H groups in total. The molecule has 1 atom stereocenters. The summed E-state index contributed by atoms with van der Waals surface area (Å²) < 4.78 is 5.32. The number of hydrogen-bond donors (Lipinski definition) is 2. The summed E-state index contributed by atoms with van der Waals surface area (Å²) in [6, 6.07) is 22.4. The Morgan fingerprint density at radius 3 is 2.28 bits per heavy atom. The molecule has 0 fully saturated rings. The first-order valence-corrected chi connectivity index (χ1v) is 10.2. The Hall–Kier alpha value is -4.19. The van der Waals surface area contributed by atoms with Crippen LogP contribution in [-0.2, 0) is 11.2 Å². The first-order valence-electron chi connectivity index (χ1n) is 10.2. The van der Waals surface area contributed by atoms with Crippen molar-refractivity contribution in [3.63, 3.8) is 0 Å². The number of ether oxygens (including phenoxy) is 1. The van der Waals surface area contributed by atoms with Crippen LogP contribution in [0.25, 0.3) is 0 Å². The SMILES string of the molecule is COc1ccccc1NC(=O)C(Cc1ccccc1)NC1=CC(=O)c2ccccc2C1=O. The van der Waals surface area contributed by atoms with Gasteiger partial charge in [0, 0.05) is 23.6 Å². The van der Waals surface area contributed by atoms with E-state index in [2.05, 4.69) is 10.6 Å². The molecule has 6 nitrogen and oxygen atoms in total. The summed E-state index contributed by atoms with van der Waals surface area (Å²) in [5.41, 5.74) is 2.22. The van der Waals surface area contributed by atoms with E-state index in [1.165, 1.54) is 13.2 Å². The van der Waals surface area contributed by atoms with Gasteiger partial charge in [-0.05, 0) is 17.7 Å². The predicted molar refractivity (Wildman–Crippen MR) is 122 cm³/mol. The van der Waals surface area contributed by atoms with Crippen LogP contribution in [-0.4, -0.2) is 30.6 Å². The Balaban J connectivity index is 1.62. The lowest BCUT2D eigenvalue weighted by Gasteiger charge is -2.23. The second kappa shape index (κ2) is 9.31. The molecular formula is C26H22N2O4. The lowest BCUT2D eigenvalue weighted by Crippen LogP contribution is -2.44. The molecule has 1 aliphatic carbocycles. The molecule has 3 aromatic carbocycles. The number of Topliss-reactive ketones (excluding diaryl/α,β-unsaturated/α-hetero) is 1. The summed E-state index contributed by atoms with van der Waals surface area (Å²) in [7, 11) is 1.53. The molecule has 0 saturated carbocycles. The van der Waals surface area contributed by atoms with Crippen LogP contribution >= 0.6 is 0 Å². The van der Waals surface area contributed by atoms with Gasteiger partial charge in [0.15, 0.2) is 5.78 Å². The van der Waals surface area contributed by atoms with E-state index in [0.717, 1.165) is 5.56 Å². The molecule has 1 aliphatic rings. The fourth-order valence-electron chi connectivity index (χ4n) is 3.64. The maximum Gasteiger partial charge on any atom is 0.247 e. The van der Waals surface area contributed by atoms with Crippen molar-refractivity contribution in [3.8, 4) is 5.75 Å². The van der Waals surface area contributed by atoms with Crippen LogP contribution in [0.15, 0.2) is 90.6 Å². The van der Waals surface area contributed by atoms with Crippen LogP contribution in [0.2, 0.25) is 0 Å². The number of amides is 1. The molecule has 1 amide bonds. The third-order valence-corrected chi connectivity index (χ3v) is 5.25. The van der Waals surface area contributed by atoms with Gasteiger partial charge in [-0.1, -0.05) is 66.7 Å². The molecule has 0 saturated heterocycles. The lowest BCUT2D eigenvalue weighted by molar-refractivity contribution is -0.118. The third-order valence-electron chi connectivity index (χ3n) is 5.25. The van der Waals surface area contributed by atoms with Gasteiger partial charge in [0.1, 0.15) is 11.8 Å². The smallest absolute Gasteiger partial charge is 0.247 e. The molecule has 0 heterocycles. The summed E-state index contributed by atoms with van der Waals surface area (Å²) in [5, 5.41) is 5.89. The Kier molecular flexibility index (Phi) is 6.12. The molecule has 6 heteroatoms. The highest BCUT2D eigenvalue weighted by atomic mass is 16.5. The number of carbonyl (C=O) groups is 3. The fourth-order valence-corrected chi connectivity index (χ4v) is 3.64. The van der Waals surface area contributed by atoms with Crippen molar-refractivity contribution in [1.29, 1.82) is 0 Å². The Labute approximate surface area is 185 Å². The van der Waals surface area contributed by atoms with E-state index in [-0.39, 0.29) is 23.2 Å². The van der Waals surface area contributed by atoms with E-state index < -0.39 is 6.04 Å². The number of benzene rings is 3. The molecule has 0 aliphatic heterocycles. The summed E-state index contributed by atoms with van der Waals surface area (Å²) in [6.07, 6.45) is 1.58. The number of hydrogen-bond acceptors (Lipinski definition) is 5. The maximum absolute atomic E-state index is 13.2. The lowest BCUT2D eigenvalue weighted by atomic mass is 9.92. The molecule has 0 bridgehead atoms. The highest BCUT2D eigenvalue weighted by Crippen LogP contribution is 2.24. The number of methoxy groups -OCH3 is 1. The standard InChI is InChI=1S/C26H22N2O4/c1-32-24-14-8-7-13-20(24)28-26(31)22(15-17-9-3-2-4-10-17)27-21-16-23(29)18-11-5-6-12-19(18)25(21)30/h2-14,16,22,27H,15H2,1H3,(H,28,31). The molecule has 32 heavy (non-hydrogen) atoms. The van der Waals surface area contributed by atoms with E-state index in [9.17, 15) is 14.4 Å². The van der Waals surface area contributed by atoms with Crippen LogP contribution < -0.4 is 15.4 Å². The van der Waals surface area contributed by atoms with Gasteiger partial charge < -0.3 is 15.4 Å². The number of allylic oxidation sites excluding steroid dienone is 2. The monoisotopic (exact) mass is 426 g/mol. The quantitative estimate of drug-likeness (QED) is 0.600. The number of anilines is 1. The van der Waals surface area contributed by atoms with Crippen LogP contribution in [0, 0.1) is 0 Å². The minimum Gasteiger partial charge on any atom is -0.495 e. The van der Waals surface area contributed by atoms with Crippen molar-refractivity contribution in [1.82, 2.24) is 5.32 Å². The average Bonchev–Trinajstić information content (AvgIpc) is 2.83. The van der Waals surface area contributed by atoms with E-state index in [1.807, 2.05) is 36.4 Å². The predicted octanol–water partition coefficient (Wildman–Crippen LogP) is 3.80. The topological polar surface area (TPSA) is 84.5 Å². The van der Waals surface area contributed by atoms with Gasteiger partial charge >= 0.3 is 0 Å². The van der Waals surface area contributed by atoms with Gasteiger partial charge in [0.05, 0.1) is 18.5 Å². The largest absolute Gasteiger partial charge is 0.495 e. The van der Waals surface area contributed by atoms with Crippen molar-refractivity contribution < 1.29 is 19.1 Å². The van der Waals surface area contributed by atoms with Gasteiger partial charge in [0.25, 0.3) is 0 Å². The normalized spacial score (nSPS) is 13.6. The Bertz CT molecular complexity index is 1200. The first kappa shape index (κ1) is 21.1. The maximum atomic E-state index is 13.2. The molecule has 0 spiro atoms. The van der Waals surface area contributed by atoms with Gasteiger partial charge in [0.2, 0.25) is 11.7 Å². The van der Waals surface area contributed by atoms with Crippen LogP contribution in [0.3, 0.4) is 0 Å². The molecule has 4 rings (SSSR count). The van der Waals surface area contributed by atoms with Crippen LogP contribution in [0.5, 0.6) is 5.75 Å². The van der Waals surface area contributed by atoms with Crippen LogP contribution in [0.1, 0.15) is 26.3 Å². The highest BCUT2D eigenvalue weighted by Gasteiger charge is 2.29. The summed E-state index contributed by atoms with van der Waals surface area (Å²) >= 11 is 0. The van der Waals surface area contributed by atoms with Crippen molar-refractivity contribution >= 4 is 23.2 Å². The Morgan fingerprint density at radius 1 is 0.875 bits per heavy atom. The minimum absolute atomic E-state index is 0.102. The number of fused-ring (bicyclic) bond motifs is 1. The zero-order valence-corrected chi connectivity index (χ0v) is 17.5. The number of para-hydroxylation sites is 2. The number of carbonyl (C=O) groups excluding carboxylic acids is 3. The van der Waals surface area contributed by atoms with Gasteiger partial charge in [-0.2, -0.15) is 0 Å². The van der Waals surface area contributed by atoms with Crippen molar-refractivity contribution in [2.75, 3.05) is 12.4 Å². The number of rotatable bonds is 7. The number of ketones is 2. The van der Waals surface area contributed by atoms with E-state index in [1.54, 1.807) is 42.5 Å². The van der Waals surface area contributed by atoms with E-state index >= 15 is 0 Å².